The first kappa shape index (κ1) is 28.4. The normalized spacial score (nSPS) is 28.4. The molecule has 0 spiro atoms. The van der Waals surface area contributed by atoms with Gasteiger partial charge in [-0.2, -0.15) is 12.9 Å². The number of rotatable bonds is 10. The molecule has 8 N–H and O–H groups in total. The number of hydrogen-bond acceptors (Lipinski definition) is 14. The molecule has 0 saturated carbocycles. The van der Waals surface area contributed by atoms with Gasteiger partial charge in [0.1, 0.15) is 18.3 Å². The summed E-state index contributed by atoms with van der Waals surface area (Å²) in [5, 5.41) is 20.4. The zero-order valence-corrected chi connectivity index (χ0v) is 20.1. The Morgan fingerprint density at radius 1 is 0.943 bits per heavy atom. The maximum Gasteiger partial charge on any atom is 0.490 e. The number of ether oxygens (including phenoxy) is 1. The zero-order chi connectivity index (χ0) is 26.4. The maximum absolute atomic E-state index is 11.9. The van der Waals surface area contributed by atoms with E-state index in [2.05, 4.69) is 32.4 Å². The molecule has 35 heavy (non-hydrogen) atoms. The van der Waals surface area contributed by atoms with Crippen LogP contribution in [0, 0.1) is 0 Å². The SMILES string of the molecule is O=c1[nH]cnc2c1ncn2C1OC(COP(=O)(O)OP(=O)(O)OP(=O)(O)OP(=O)(O)O)C(O)C1O. The Kier molecular flexibility index (Phi) is 8.04. The summed E-state index contributed by atoms with van der Waals surface area (Å²) in [6.45, 7) is -1.08. The second-order valence-electron chi connectivity index (χ2n) is 6.54. The highest BCUT2D eigenvalue weighted by Crippen LogP contribution is 2.70. The van der Waals surface area contributed by atoms with E-state index in [1.54, 1.807) is 0 Å². The molecule has 0 bridgehead atoms. The summed E-state index contributed by atoms with van der Waals surface area (Å²) in [6.07, 6.45) is -4.41. The molecule has 198 valence electrons. The lowest BCUT2D eigenvalue weighted by atomic mass is 10.1. The average molecular weight is 588 g/mol. The number of aliphatic hydroxyl groups excluding tert-OH is 2. The fourth-order valence-electron chi connectivity index (χ4n) is 2.76. The highest BCUT2D eigenvalue weighted by Gasteiger charge is 2.48. The van der Waals surface area contributed by atoms with Crippen molar-refractivity contribution in [3.63, 3.8) is 0 Å². The minimum atomic E-state index is -6.02. The fraction of sp³-hybridized carbons (Fsp3) is 0.500. The molecular weight excluding hydrogens is 572 g/mol. The van der Waals surface area contributed by atoms with Gasteiger partial charge in [0.05, 0.1) is 19.3 Å². The van der Waals surface area contributed by atoms with Crippen LogP contribution in [0.5, 0.6) is 0 Å². The summed E-state index contributed by atoms with van der Waals surface area (Å²) in [7, 11) is -23.3. The van der Waals surface area contributed by atoms with Gasteiger partial charge in [-0.05, 0) is 0 Å². The summed E-state index contributed by atoms with van der Waals surface area (Å²) >= 11 is 0. The van der Waals surface area contributed by atoms with Crippen LogP contribution in [0.3, 0.4) is 0 Å². The second kappa shape index (κ2) is 9.92. The molecule has 0 aromatic carbocycles. The van der Waals surface area contributed by atoms with Gasteiger partial charge in [-0.15, -0.1) is 0 Å². The second-order valence-corrected chi connectivity index (χ2v) is 12.5. The molecule has 21 nitrogen and oxygen atoms in total. The molecule has 0 amide bonds. The Bertz CT molecular complexity index is 1340. The molecule has 1 fully saturated rings. The molecule has 2 aromatic rings. The molecule has 3 rings (SSSR count). The topological polar surface area (TPSA) is 320 Å². The zero-order valence-electron chi connectivity index (χ0n) is 16.5. The van der Waals surface area contributed by atoms with E-state index in [1.165, 1.54) is 0 Å². The van der Waals surface area contributed by atoms with Crippen LogP contribution in [0.2, 0.25) is 0 Å². The van der Waals surface area contributed by atoms with Gasteiger partial charge in [0.25, 0.3) is 5.56 Å². The van der Waals surface area contributed by atoms with Gasteiger partial charge in [0.2, 0.25) is 0 Å². The van der Waals surface area contributed by atoms with Crippen LogP contribution in [0.25, 0.3) is 11.2 Å². The molecule has 7 unspecified atom stereocenters. The first-order chi connectivity index (χ1) is 15.9. The number of nitrogens with one attached hydrogen (secondary N) is 1. The highest BCUT2D eigenvalue weighted by molar-refractivity contribution is 7.69. The Morgan fingerprint density at radius 3 is 2.17 bits per heavy atom. The lowest BCUT2D eigenvalue weighted by Crippen LogP contribution is -2.33. The van der Waals surface area contributed by atoms with Crippen molar-refractivity contribution in [3.05, 3.63) is 23.0 Å². The van der Waals surface area contributed by atoms with E-state index >= 15 is 0 Å². The number of aromatic amines is 1. The predicted octanol–water partition coefficient (Wildman–Crippen LogP) is -1.80. The Labute approximate surface area is 191 Å². The number of imidazole rings is 1. The maximum atomic E-state index is 11.9. The Morgan fingerprint density at radius 2 is 1.54 bits per heavy atom. The smallest absolute Gasteiger partial charge is 0.387 e. The third-order valence-corrected chi connectivity index (χ3v) is 9.45. The minimum Gasteiger partial charge on any atom is -0.387 e. The van der Waals surface area contributed by atoms with E-state index in [-0.39, 0.29) is 11.2 Å². The Hall–Kier alpha value is -1.21. The molecule has 1 aliphatic heterocycles. The van der Waals surface area contributed by atoms with E-state index in [0.29, 0.717) is 0 Å². The number of phosphoric ester groups is 1. The predicted molar refractivity (Wildman–Crippen MR) is 105 cm³/mol. The van der Waals surface area contributed by atoms with E-state index < -0.39 is 68.0 Å². The molecule has 2 aromatic heterocycles. The highest BCUT2D eigenvalue weighted by atomic mass is 31.3. The van der Waals surface area contributed by atoms with Crippen LogP contribution >= 0.6 is 31.3 Å². The molecule has 25 heteroatoms. The molecule has 1 saturated heterocycles. The van der Waals surface area contributed by atoms with Crippen molar-refractivity contribution in [2.75, 3.05) is 6.61 Å². The fourth-order valence-corrected chi connectivity index (χ4v) is 7.22. The third kappa shape index (κ3) is 7.18. The Balaban J connectivity index is 1.66. The van der Waals surface area contributed by atoms with Crippen LogP contribution in [-0.2, 0) is 40.5 Å². The number of phosphoric acid groups is 4. The number of nitrogens with zero attached hydrogens (tertiary/aromatic N) is 3. The van der Waals surface area contributed by atoms with Crippen molar-refractivity contribution in [2.24, 2.45) is 0 Å². The van der Waals surface area contributed by atoms with Crippen molar-refractivity contribution in [1.29, 1.82) is 0 Å². The quantitative estimate of drug-likeness (QED) is 0.142. The van der Waals surface area contributed by atoms with Crippen molar-refractivity contribution in [3.8, 4) is 0 Å². The van der Waals surface area contributed by atoms with Gasteiger partial charge in [-0.1, -0.05) is 0 Å². The third-order valence-electron chi connectivity index (χ3n) is 4.00. The van der Waals surface area contributed by atoms with Crippen LogP contribution in [-0.4, -0.2) is 79.1 Å². The van der Waals surface area contributed by atoms with Crippen LogP contribution in [0.1, 0.15) is 6.23 Å². The average Bonchev–Trinajstić information content (AvgIpc) is 3.19. The number of fused-ring (bicyclic) bond motifs is 1. The first-order valence-corrected chi connectivity index (χ1v) is 14.7. The van der Waals surface area contributed by atoms with Crippen LogP contribution < -0.4 is 5.56 Å². The summed E-state index contributed by atoms with van der Waals surface area (Å²) in [6, 6.07) is 0. The number of H-pyrrole nitrogens is 1. The van der Waals surface area contributed by atoms with Crippen molar-refractivity contribution < 1.29 is 75.1 Å². The lowest BCUT2D eigenvalue weighted by Gasteiger charge is -2.20. The standard InChI is InChI=1S/C10H16N4O17P4/c15-6-4(28-10(7(6)16)14-3-13-5-8(14)11-2-12-9(5)17)1-27-33(21,22)30-35(25,26)31-34(23,24)29-32(18,19)20/h2-4,6-7,10,15-16H,1H2,(H,21,22)(H,23,24)(H,25,26)(H,11,12,17)(H2,18,19,20). The largest absolute Gasteiger partial charge is 0.490 e. The van der Waals surface area contributed by atoms with E-state index in [9.17, 15) is 43.1 Å². The van der Waals surface area contributed by atoms with Gasteiger partial charge in [-0.3, -0.25) is 13.9 Å². The van der Waals surface area contributed by atoms with Crippen molar-refractivity contribution in [1.82, 2.24) is 19.5 Å². The van der Waals surface area contributed by atoms with E-state index in [1.807, 2.05) is 0 Å². The molecule has 3 heterocycles. The van der Waals surface area contributed by atoms with E-state index in [4.69, 9.17) is 19.4 Å². The minimum absolute atomic E-state index is 0.0490. The van der Waals surface area contributed by atoms with Crippen molar-refractivity contribution in [2.45, 2.75) is 24.5 Å². The van der Waals surface area contributed by atoms with Crippen LogP contribution in [0.4, 0.5) is 0 Å². The molecule has 0 aliphatic carbocycles. The summed E-state index contributed by atoms with van der Waals surface area (Å²) in [5.41, 5.74) is -0.797. The number of aliphatic hydroxyl groups is 2. The summed E-state index contributed by atoms with van der Waals surface area (Å²) in [4.78, 5) is 66.5. The lowest BCUT2D eigenvalue weighted by molar-refractivity contribution is -0.0503. The molecule has 1 aliphatic rings. The van der Waals surface area contributed by atoms with Gasteiger partial charge < -0.3 is 44.4 Å². The summed E-state index contributed by atoms with van der Waals surface area (Å²) < 4.78 is 66.7. The van der Waals surface area contributed by atoms with Gasteiger partial charge in [-0.25, -0.2) is 28.2 Å². The van der Waals surface area contributed by atoms with E-state index in [0.717, 1.165) is 17.2 Å². The summed E-state index contributed by atoms with van der Waals surface area (Å²) in [5.74, 6) is 0. The van der Waals surface area contributed by atoms with Gasteiger partial charge in [0, 0.05) is 0 Å². The first-order valence-electron chi connectivity index (χ1n) is 8.64. The van der Waals surface area contributed by atoms with Crippen LogP contribution in [0.15, 0.2) is 17.4 Å². The van der Waals surface area contributed by atoms with Crippen molar-refractivity contribution >= 4 is 42.5 Å². The molecule has 7 atom stereocenters. The monoisotopic (exact) mass is 588 g/mol. The molecule has 0 radical (unpaired) electrons. The number of aromatic nitrogens is 4. The molecular formula is C10H16N4O17P4. The van der Waals surface area contributed by atoms with Gasteiger partial charge in [0.15, 0.2) is 17.4 Å². The number of hydrogen-bond donors (Lipinski definition) is 8. The van der Waals surface area contributed by atoms with Gasteiger partial charge >= 0.3 is 31.3 Å².